The largest absolute Gasteiger partial charge is 0.381 e. The number of nitrogens with two attached hydrogens (primary N) is 1. The second-order valence-electron chi connectivity index (χ2n) is 3.51. The van der Waals surface area contributed by atoms with Gasteiger partial charge in [-0.25, -0.2) is 0 Å². The highest BCUT2D eigenvalue weighted by molar-refractivity contribution is 5.85. The molecule has 1 fully saturated rings. The molecule has 68 valence electrons. The standard InChI is InChI=1S/C8H17NO.ClH/c1-8(4-5-9)3-2-6-10-7-8;/h2-7,9H2,1H3;1H/t8-;/m0./s1. The summed E-state index contributed by atoms with van der Waals surface area (Å²) in [6, 6.07) is 0. The summed E-state index contributed by atoms with van der Waals surface area (Å²) in [5.41, 5.74) is 5.87. The maximum atomic E-state index is 5.49. The summed E-state index contributed by atoms with van der Waals surface area (Å²) >= 11 is 0. The Morgan fingerprint density at radius 2 is 2.27 bits per heavy atom. The van der Waals surface area contributed by atoms with Crippen LogP contribution in [0.25, 0.3) is 0 Å². The van der Waals surface area contributed by atoms with Crippen LogP contribution in [0.15, 0.2) is 0 Å². The third kappa shape index (κ3) is 3.41. The van der Waals surface area contributed by atoms with Crippen molar-refractivity contribution in [2.45, 2.75) is 26.2 Å². The van der Waals surface area contributed by atoms with Crippen molar-refractivity contribution in [1.29, 1.82) is 0 Å². The highest BCUT2D eigenvalue weighted by Crippen LogP contribution is 2.30. The van der Waals surface area contributed by atoms with Crippen molar-refractivity contribution in [3.05, 3.63) is 0 Å². The molecule has 1 saturated heterocycles. The maximum absolute atomic E-state index is 5.49. The fourth-order valence-electron chi connectivity index (χ4n) is 1.54. The molecule has 1 aliphatic rings. The number of ether oxygens (including phenoxy) is 1. The van der Waals surface area contributed by atoms with E-state index >= 15 is 0 Å². The minimum Gasteiger partial charge on any atom is -0.381 e. The van der Waals surface area contributed by atoms with Gasteiger partial charge in [0, 0.05) is 6.61 Å². The first kappa shape index (κ1) is 11.2. The van der Waals surface area contributed by atoms with Gasteiger partial charge >= 0.3 is 0 Å². The van der Waals surface area contributed by atoms with Gasteiger partial charge in [-0.2, -0.15) is 0 Å². The van der Waals surface area contributed by atoms with Gasteiger partial charge in [0.25, 0.3) is 0 Å². The smallest absolute Gasteiger partial charge is 0.0520 e. The zero-order valence-electron chi connectivity index (χ0n) is 7.14. The van der Waals surface area contributed by atoms with Crippen LogP contribution in [0.3, 0.4) is 0 Å². The molecule has 0 amide bonds. The molecule has 0 aliphatic carbocycles. The van der Waals surface area contributed by atoms with E-state index in [1.165, 1.54) is 12.8 Å². The predicted molar refractivity (Wildman–Crippen MR) is 49.1 cm³/mol. The van der Waals surface area contributed by atoms with E-state index in [9.17, 15) is 0 Å². The first-order valence-corrected chi connectivity index (χ1v) is 4.05. The summed E-state index contributed by atoms with van der Waals surface area (Å²) < 4.78 is 5.38. The molecule has 1 aliphatic heterocycles. The molecular formula is C8H18ClNO. The fraction of sp³-hybridized carbons (Fsp3) is 1.00. The zero-order chi connectivity index (χ0) is 7.45. The number of halogens is 1. The molecule has 11 heavy (non-hydrogen) atoms. The van der Waals surface area contributed by atoms with Gasteiger partial charge in [0.15, 0.2) is 0 Å². The number of rotatable bonds is 2. The van der Waals surface area contributed by atoms with Gasteiger partial charge in [-0.15, -0.1) is 12.4 Å². The van der Waals surface area contributed by atoms with E-state index in [-0.39, 0.29) is 12.4 Å². The number of hydrogen-bond acceptors (Lipinski definition) is 2. The Kier molecular flexibility index (Phi) is 5.06. The van der Waals surface area contributed by atoms with E-state index in [4.69, 9.17) is 10.5 Å². The zero-order valence-corrected chi connectivity index (χ0v) is 7.95. The molecule has 0 bridgehead atoms. The van der Waals surface area contributed by atoms with Crippen LogP contribution in [-0.4, -0.2) is 19.8 Å². The Bertz CT molecular complexity index is 96.8. The van der Waals surface area contributed by atoms with Gasteiger partial charge in [-0.05, 0) is 31.2 Å². The van der Waals surface area contributed by atoms with Gasteiger partial charge in [0.1, 0.15) is 0 Å². The monoisotopic (exact) mass is 179 g/mol. The predicted octanol–water partition coefficient (Wildman–Crippen LogP) is 1.57. The first-order valence-electron chi connectivity index (χ1n) is 4.05. The molecular weight excluding hydrogens is 162 g/mol. The van der Waals surface area contributed by atoms with Crippen molar-refractivity contribution in [2.75, 3.05) is 19.8 Å². The van der Waals surface area contributed by atoms with Crippen LogP contribution in [-0.2, 0) is 4.74 Å². The Morgan fingerprint density at radius 3 is 2.73 bits per heavy atom. The van der Waals surface area contributed by atoms with Crippen LogP contribution in [0.1, 0.15) is 26.2 Å². The normalized spacial score (nSPS) is 31.1. The summed E-state index contributed by atoms with van der Waals surface area (Å²) in [5, 5.41) is 0. The van der Waals surface area contributed by atoms with E-state index < -0.39 is 0 Å². The lowest BCUT2D eigenvalue weighted by Crippen LogP contribution is -2.30. The summed E-state index contributed by atoms with van der Waals surface area (Å²) in [7, 11) is 0. The lowest BCUT2D eigenvalue weighted by molar-refractivity contribution is -0.000606. The number of hydrogen-bond donors (Lipinski definition) is 1. The molecule has 0 unspecified atom stereocenters. The minimum atomic E-state index is 0. The van der Waals surface area contributed by atoms with E-state index in [0.717, 1.165) is 26.2 Å². The Morgan fingerprint density at radius 1 is 1.55 bits per heavy atom. The van der Waals surface area contributed by atoms with Crippen molar-refractivity contribution >= 4 is 12.4 Å². The van der Waals surface area contributed by atoms with Crippen molar-refractivity contribution in [3.63, 3.8) is 0 Å². The maximum Gasteiger partial charge on any atom is 0.0520 e. The summed E-state index contributed by atoms with van der Waals surface area (Å²) in [6.45, 7) is 4.91. The van der Waals surface area contributed by atoms with E-state index in [1.807, 2.05) is 0 Å². The molecule has 0 aromatic carbocycles. The van der Waals surface area contributed by atoms with Crippen LogP contribution < -0.4 is 5.73 Å². The third-order valence-corrected chi connectivity index (χ3v) is 2.27. The minimum absolute atomic E-state index is 0. The lowest BCUT2D eigenvalue weighted by Gasteiger charge is -2.32. The summed E-state index contributed by atoms with van der Waals surface area (Å²) in [5.74, 6) is 0. The van der Waals surface area contributed by atoms with E-state index in [2.05, 4.69) is 6.92 Å². The quantitative estimate of drug-likeness (QED) is 0.699. The summed E-state index contributed by atoms with van der Waals surface area (Å²) in [6.07, 6.45) is 3.59. The van der Waals surface area contributed by atoms with Crippen LogP contribution in [0.4, 0.5) is 0 Å². The molecule has 2 nitrogen and oxygen atoms in total. The second kappa shape index (κ2) is 4.96. The molecule has 1 rings (SSSR count). The average Bonchev–Trinajstić information content (AvgIpc) is 1.89. The van der Waals surface area contributed by atoms with Crippen LogP contribution >= 0.6 is 12.4 Å². The van der Waals surface area contributed by atoms with Gasteiger partial charge in [-0.3, -0.25) is 0 Å². The van der Waals surface area contributed by atoms with Crippen molar-refractivity contribution in [2.24, 2.45) is 11.1 Å². The average molecular weight is 180 g/mol. The third-order valence-electron chi connectivity index (χ3n) is 2.27. The molecule has 0 spiro atoms. The Hall–Kier alpha value is 0.210. The summed E-state index contributed by atoms with van der Waals surface area (Å²) in [4.78, 5) is 0. The van der Waals surface area contributed by atoms with Gasteiger partial charge < -0.3 is 10.5 Å². The molecule has 1 heterocycles. The molecule has 2 N–H and O–H groups in total. The molecule has 1 atom stereocenters. The fourth-order valence-corrected chi connectivity index (χ4v) is 1.54. The van der Waals surface area contributed by atoms with Crippen LogP contribution in [0.2, 0.25) is 0 Å². The topological polar surface area (TPSA) is 35.2 Å². The first-order chi connectivity index (χ1) is 4.77. The lowest BCUT2D eigenvalue weighted by atomic mass is 9.82. The Balaban J connectivity index is 0.000001000. The molecule has 3 heteroatoms. The van der Waals surface area contributed by atoms with Crippen molar-refractivity contribution < 1.29 is 4.74 Å². The molecule has 0 aromatic heterocycles. The Labute approximate surface area is 74.9 Å². The molecule has 0 saturated carbocycles. The van der Waals surface area contributed by atoms with Gasteiger partial charge in [0.05, 0.1) is 6.61 Å². The molecule has 0 radical (unpaired) electrons. The van der Waals surface area contributed by atoms with Crippen molar-refractivity contribution in [3.8, 4) is 0 Å². The highest BCUT2D eigenvalue weighted by Gasteiger charge is 2.26. The van der Waals surface area contributed by atoms with Crippen LogP contribution in [0, 0.1) is 5.41 Å². The van der Waals surface area contributed by atoms with Gasteiger partial charge in [-0.1, -0.05) is 6.92 Å². The molecule has 0 aromatic rings. The van der Waals surface area contributed by atoms with Gasteiger partial charge in [0.2, 0.25) is 0 Å². The second-order valence-corrected chi connectivity index (χ2v) is 3.51. The highest BCUT2D eigenvalue weighted by atomic mass is 35.5. The van der Waals surface area contributed by atoms with E-state index in [1.54, 1.807) is 0 Å². The van der Waals surface area contributed by atoms with Crippen LogP contribution in [0.5, 0.6) is 0 Å². The van der Waals surface area contributed by atoms with Crippen molar-refractivity contribution in [1.82, 2.24) is 0 Å². The SMILES string of the molecule is C[C@@]1(CCN)CCCOC1.Cl. The van der Waals surface area contributed by atoms with E-state index in [0.29, 0.717) is 5.41 Å².